The van der Waals surface area contributed by atoms with Gasteiger partial charge in [-0.2, -0.15) is 0 Å². The molecule has 1 amide bonds. The standard InChI is InChI=1S/C14H20N2O/c1-10-4-5-12(8-11(10)2)13(17)16-9-14(15)6-3-7-14/h4-5,8H,3,6-7,9,15H2,1-2H3,(H,16,17). The van der Waals surface area contributed by atoms with E-state index in [9.17, 15) is 4.79 Å². The van der Waals surface area contributed by atoms with Gasteiger partial charge in [0.1, 0.15) is 0 Å². The predicted octanol–water partition coefficient (Wildman–Crippen LogP) is 1.91. The first kappa shape index (κ1) is 12.1. The fourth-order valence-electron chi connectivity index (χ4n) is 2.05. The highest BCUT2D eigenvalue weighted by atomic mass is 16.1. The molecule has 0 bridgehead atoms. The first-order valence-corrected chi connectivity index (χ1v) is 6.15. The predicted molar refractivity (Wildman–Crippen MR) is 69.0 cm³/mol. The number of amides is 1. The lowest BCUT2D eigenvalue weighted by molar-refractivity contribution is 0.0929. The first-order chi connectivity index (χ1) is 8.00. The molecule has 1 aromatic carbocycles. The molecule has 17 heavy (non-hydrogen) atoms. The molecule has 0 heterocycles. The first-order valence-electron chi connectivity index (χ1n) is 6.15. The van der Waals surface area contributed by atoms with Crippen LogP contribution >= 0.6 is 0 Å². The monoisotopic (exact) mass is 232 g/mol. The number of nitrogens with two attached hydrogens (primary N) is 1. The van der Waals surface area contributed by atoms with Crippen molar-refractivity contribution >= 4 is 5.91 Å². The Balaban J connectivity index is 1.97. The van der Waals surface area contributed by atoms with Gasteiger partial charge in [-0.1, -0.05) is 6.07 Å². The Labute approximate surface area is 102 Å². The highest BCUT2D eigenvalue weighted by molar-refractivity contribution is 5.94. The van der Waals surface area contributed by atoms with E-state index in [0.717, 1.165) is 24.0 Å². The van der Waals surface area contributed by atoms with Gasteiger partial charge >= 0.3 is 0 Å². The maximum Gasteiger partial charge on any atom is 0.251 e. The summed E-state index contributed by atoms with van der Waals surface area (Å²) in [7, 11) is 0. The van der Waals surface area contributed by atoms with Crippen LogP contribution < -0.4 is 11.1 Å². The number of rotatable bonds is 3. The van der Waals surface area contributed by atoms with Crippen LogP contribution in [0.2, 0.25) is 0 Å². The van der Waals surface area contributed by atoms with Crippen LogP contribution in [0.3, 0.4) is 0 Å². The highest BCUT2D eigenvalue weighted by Gasteiger charge is 2.32. The van der Waals surface area contributed by atoms with Crippen molar-refractivity contribution in [2.75, 3.05) is 6.54 Å². The van der Waals surface area contributed by atoms with Gasteiger partial charge in [-0.05, 0) is 56.4 Å². The minimum atomic E-state index is -0.157. The van der Waals surface area contributed by atoms with Crippen LogP contribution in [-0.4, -0.2) is 18.0 Å². The number of nitrogens with one attached hydrogen (secondary N) is 1. The zero-order chi connectivity index (χ0) is 12.5. The van der Waals surface area contributed by atoms with Gasteiger partial charge in [-0.25, -0.2) is 0 Å². The summed E-state index contributed by atoms with van der Waals surface area (Å²) in [5.41, 5.74) is 8.98. The Kier molecular flexibility index (Phi) is 3.20. The second-order valence-electron chi connectivity index (χ2n) is 5.20. The molecule has 1 aliphatic carbocycles. The average Bonchev–Trinajstić information content (AvgIpc) is 2.27. The van der Waals surface area contributed by atoms with Gasteiger partial charge in [0.25, 0.3) is 5.91 Å². The van der Waals surface area contributed by atoms with Crippen LogP contribution in [0.15, 0.2) is 18.2 Å². The topological polar surface area (TPSA) is 55.1 Å². The summed E-state index contributed by atoms with van der Waals surface area (Å²) in [6.07, 6.45) is 3.20. The van der Waals surface area contributed by atoms with Crippen molar-refractivity contribution in [3.05, 3.63) is 34.9 Å². The zero-order valence-corrected chi connectivity index (χ0v) is 10.5. The van der Waals surface area contributed by atoms with Crippen molar-refractivity contribution in [1.82, 2.24) is 5.32 Å². The lowest BCUT2D eigenvalue weighted by Gasteiger charge is -2.38. The quantitative estimate of drug-likeness (QED) is 0.836. The lowest BCUT2D eigenvalue weighted by Crippen LogP contribution is -2.54. The largest absolute Gasteiger partial charge is 0.350 e. The Hall–Kier alpha value is -1.35. The molecule has 0 radical (unpaired) electrons. The Morgan fingerprint density at radius 3 is 2.59 bits per heavy atom. The van der Waals surface area contributed by atoms with Crippen molar-refractivity contribution in [1.29, 1.82) is 0 Å². The summed E-state index contributed by atoms with van der Waals surface area (Å²) in [6, 6.07) is 5.77. The fraction of sp³-hybridized carbons (Fsp3) is 0.500. The molecule has 0 aromatic heterocycles. The number of hydrogen-bond donors (Lipinski definition) is 2. The summed E-state index contributed by atoms with van der Waals surface area (Å²) >= 11 is 0. The minimum Gasteiger partial charge on any atom is -0.350 e. The summed E-state index contributed by atoms with van der Waals surface area (Å²) in [5, 5.41) is 2.92. The molecule has 92 valence electrons. The van der Waals surface area contributed by atoms with Crippen molar-refractivity contribution in [2.24, 2.45) is 5.73 Å². The summed E-state index contributed by atoms with van der Waals surface area (Å²) in [5.74, 6) is -0.0233. The maximum atomic E-state index is 11.9. The number of carbonyl (C=O) groups excluding carboxylic acids is 1. The van der Waals surface area contributed by atoms with E-state index in [1.807, 2.05) is 32.0 Å². The van der Waals surface area contributed by atoms with Crippen LogP contribution in [-0.2, 0) is 0 Å². The second kappa shape index (κ2) is 4.49. The summed E-state index contributed by atoms with van der Waals surface area (Å²) in [6.45, 7) is 4.64. The number of hydrogen-bond acceptors (Lipinski definition) is 2. The van der Waals surface area contributed by atoms with Crippen LogP contribution in [0.5, 0.6) is 0 Å². The number of benzene rings is 1. The lowest BCUT2D eigenvalue weighted by atomic mass is 9.78. The molecule has 0 spiro atoms. The van der Waals surface area contributed by atoms with Gasteiger partial charge in [0.05, 0.1) is 0 Å². The molecular weight excluding hydrogens is 212 g/mol. The molecule has 2 rings (SSSR count). The van der Waals surface area contributed by atoms with E-state index in [0.29, 0.717) is 6.54 Å². The highest BCUT2D eigenvalue weighted by Crippen LogP contribution is 2.28. The summed E-state index contributed by atoms with van der Waals surface area (Å²) in [4.78, 5) is 11.9. The van der Waals surface area contributed by atoms with Gasteiger partial charge in [-0.3, -0.25) is 4.79 Å². The molecule has 1 aromatic rings. The summed E-state index contributed by atoms with van der Waals surface area (Å²) < 4.78 is 0. The van der Waals surface area contributed by atoms with Gasteiger partial charge in [0, 0.05) is 17.6 Å². The van der Waals surface area contributed by atoms with Gasteiger partial charge in [0.2, 0.25) is 0 Å². The Morgan fingerprint density at radius 1 is 1.35 bits per heavy atom. The third kappa shape index (κ3) is 2.67. The molecule has 3 nitrogen and oxygen atoms in total. The van der Waals surface area contributed by atoms with Crippen LogP contribution in [0.25, 0.3) is 0 Å². The van der Waals surface area contributed by atoms with Gasteiger partial charge in [-0.15, -0.1) is 0 Å². The maximum absolute atomic E-state index is 11.9. The SMILES string of the molecule is Cc1ccc(C(=O)NCC2(N)CCC2)cc1C. The third-order valence-corrected chi connectivity index (χ3v) is 3.72. The van der Waals surface area contributed by atoms with E-state index in [4.69, 9.17) is 5.73 Å². The van der Waals surface area contributed by atoms with E-state index in [-0.39, 0.29) is 11.4 Å². The Bertz CT molecular complexity index is 436. The van der Waals surface area contributed by atoms with Crippen molar-refractivity contribution in [2.45, 2.75) is 38.6 Å². The van der Waals surface area contributed by atoms with E-state index < -0.39 is 0 Å². The second-order valence-corrected chi connectivity index (χ2v) is 5.20. The molecule has 3 heteroatoms. The number of carbonyl (C=O) groups is 1. The number of aryl methyl sites for hydroxylation is 2. The molecule has 1 saturated carbocycles. The molecule has 1 aliphatic rings. The van der Waals surface area contributed by atoms with Gasteiger partial charge in [0.15, 0.2) is 0 Å². The molecule has 0 saturated heterocycles. The van der Waals surface area contributed by atoms with Crippen LogP contribution in [0, 0.1) is 13.8 Å². The molecule has 1 fully saturated rings. The van der Waals surface area contributed by atoms with Crippen molar-refractivity contribution in [3.63, 3.8) is 0 Å². The molecule has 3 N–H and O–H groups in total. The van der Waals surface area contributed by atoms with E-state index in [2.05, 4.69) is 5.32 Å². The fourth-order valence-corrected chi connectivity index (χ4v) is 2.05. The molecule has 0 aliphatic heterocycles. The molecule has 0 atom stereocenters. The van der Waals surface area contributed by atoms with Gasteiger partial charge < -0.3 is 11.1 Å². The minimum absolute atomic E-state index is 0.0233. The van der Waals surface area contributed by atoms with E-state index in [1.54, 1.807) is 0 Å². The van der Waals surface area contributed by atoms with E-state index in [1.165, 1.54) is 12.0 Å². The third-order valence-electron chi connectivity index (χ3n) is 3.72. The average molecular weight is 232 g/mol. The smallest absolute Gasteiger partial charge is 0.251 e. The van der Waals surface area contributed by atoms with Crippen LogP contribution in [0.4, 0.5) is 0 Å². The van der Waals surface area contributed by atoms with Crippen LogP contribution in [0.1, 0.15) is 40.7 Å². The van der Waals surface area contributed by atoms with Crippen molar-refractivity contribution in [3.8, 4) is 0 Å². The van der Waals surface area contributed by atoms with Crippen molar-refractivity contribution < 1.29 is 4.79 Å². The molecular formula is C14H20N2O. The Morgan fingerprint density at radius 2 is 2.06 bits per heavy atom. The molecule has 0 unspecified atom stereocenters. The van der Waals surface area contributed by atoms with E-state index >= 15 is 0 Å². The normalized spacial score (nSPS) is 17.4. The zero-order valence-electron chi connectivity index (χ0n) is 10.5.